The molecule has 0 aliphatic carbocycles. The van der Waals surface area contributed by atoms with E-state index in [4.69, 9.17) is 5.73 Å². The van der Waals surface area contributed by atoms with E-state index in [1.165, 1.54) is 12.0 Å². The molecule has 4 nitrogen and oxygen atoms in total. The number of likely N-dealkylation sites (tertiary alicyclic amines) is 1. The summed E-state index contributed by atoms with van der Waals surface area (Å²) in [6, 6.07) is -0.559. The van der Waals surface area contributed by atoms with E-state index in [9.17, 15) is 18.0 Å². The van der Waals surface area contributed by atoms with Crippen molar-refractivity contribution in [2.75, 3.05) is 26.7 Å². The number of nitrogens with two attached hydrogens (primary N) is 1. The molecule has 1 aliphatic heterocycles. The van der Waals surface area contributed by atoms with Gasteiger partial charge in [-0.1, -0.05) is 0 Å². The van der Waals surface area contributed by atoms with Crippen LogP contribution < -0.4 is 5.73 Å². The number of nitrogens with zero attached hydrogens (tertiary/aromatic N) is 1. The molecule has 0 spiro atoms. The van der Waals surface area contributed by atoms with E-state index in [0.29, 0.717) is 19.4 Å². The summed E-state index contributed by atoms with van der Waals surface area (Å²) in [4.78, 5) is 12.9. The average Bonchev–Trinajstić information content (AvgIpc) is 2.71. The van der Waals surface area contributed by atoms with Crippen LogP contribution in [-0.2, 0) is 9.53 Å². The monoisotopic (exact) mass is 254 g/mol. The first-order valence-corrected chi connectivity index (χ1v) is 5.48. The van der Waals surface area contributed by atoms with Gasteiger partial charge in [-0.15, -0.1) is 0 Å². The minimum Gasteiger partial charge on any atom is -0.468 e. The van der Waals surface area contributed by atoms with Crippen molar-refractivity contribution in [1.29, 1.82) is 0 Å². The van der Waals surface area contributed by atoms with Gasteiger partial charge in [-0.2, -0.15) is 13.2 Å². The molecule has 1 aliphatic rings. The van der Waals surface area contributed by atoms with Gasteiger partial charge in [0.2, 0.25) is 0 Å². The topological polar surface area (TPSA) is 55.6 Å². The van der Waals surface area contributed by atoms with Gasteiger partial charge in [-0.25, -0.2) is 0 Å². The Labute approximate surface area is 97.9 Å². The number of rotatable bonds is 4. The Hall–Kier alpha value is -0.820. The Morgan fingerprint density at radius 3 is 2.71 bits per heavy atom. The van der Waals surface area contributed by atoms with Gasteiger partial charge in [0.25, 0.3) is 0 Å². The van der Waals surface area contributed by atoms with Crippen LogP contribution in [0.15, 0.2) is 0 Å². The number of halogens is 3. The van der Waals surface area contributed by atoms with E-state index in [0.717, 1.165) is 0 Å². The molecule has 2 unspecified atom stereocenters. The maximum absolute atomic E-state index is 12.6. The first kappa shape index (κ1) is 14.2. The van der Waals surface area contributed by atoms with Crippen molar-refractivity contribution in [3.05, 3.63) is 0 Å². The van der Waals surface area contributed by atoms with Gasteiger partial charge in [-0.3, -0.25) is 9.69 Å². The SMILES string of the molecule is COC(=O)C1CCCN1CC(CN)C(F)(F)F. The third-order valence-corrected chi connectivity index (χ3v) is 3.04. The van der Waals surface area contributed by atoms with Gasteiger partial charge < -0.3 is 10.5 Å². The van der Waals surface area contributed by atoms with Crippen LogP contribution in [0.5, 0.6) is 0 Å². The molecular formula is C10H17F3N2O2. The summed E-state index contributed by atoms with van der Waals surface area (Å²) in [6.45, 7) is -0.222. The third-order valence-electron chi connectivity index (χ3n) is 3.04. The Morgan fingerprint density at radius 1 is 1.59 bits per heavy atom. The zero-order chi connectivity index (χ0) is 13.1. The van der Waals surface area contributed by atoms with E-state index in [1.807, 2.05) is 0 Å². The molecule has 1 rings (SSSR count). The van der Waals surface area contributed by atoms with Crippen LogP contribution in [-0.4, -0.2) is 49.8 Å². The quantitative estimate of drug-likeness (QED) is 0.753. The molecule has 2 N–H and O–H groups in total. The number of hydrogen-bond donors (Lipinski definition) is 1. The molecule has 0 aromatic carbocycles. The number of ether oxygens (including phenoxy) is 1. The second-order valence-electron chi connectivity index (χ2n) is 4.15. The summed E-state index contributed by atoms with van der Waals surface area (Å²) < 4.78 is 42.3. The molecule has 0 saturated carbocycles. The van der Waals surface area contributed by atoms with Gasteiger partial charge in [0.05, 0.1) is 13.0 Å². The fraction of sp³-hybridized carbons (Fsp3) is 0.900. The lowest BCUT2D eigenvalue weighted by Gasteiger charge is -2.28. The molecule has 7 heteroatoms. The smallest absolute Gasteiger partial charge is 0.394 e. The molecule has 100 valence electrons. The lowest BCUT2D eigenvalue weighted by molar-refractivity contribution is -0.178. The molecule has 0 radical (unpaired) electrons. The van der Waals surface area contributed by atoms with Crippen LogP contribution in [0.3, 0.4) is 0 Å². The Bertz CT molecular complexity index is 271. The highest BCUT2D eigenvalue weighted by Crippen LogP contribution is 2.29. The van der Waals surface area contributed by atoms with E-state index in [1.54, 1.807) is 0 Å². The van der Waals surface area contributed by atoms with Crippen LogP contribution in [0, 0.1) is 5.92 Å². The predicted molar refractivity (Wildman–Crippen MR) is 55.2 cm³/mol. The zero-order valence-electron chi connectivity index (χ0n) is 9.67. The van der Waals surface area contributed by atoms with Crippen molar-refractivity contribution < 1.29 is 22.7 Å². The van der Waals surface area contributed by atoms with Crippen LogP contribution in [0.25, 0.3) is 0 Å². The maximum atomic E-state index is 12.6. The van der Waals surface area contributed by atoms with Crippen LogP contribution >= 0.6 is 0 Å². The summed E-state index contributed by atoms with van der Waals surface area (Å²) in [5, 5.41) is 0. The molecule has 1 fully saturated rings. The van der Waals surface area contributed by atoms with Gasteiger partial charge in [-0.05, 0) is 19.4 Å². The average molecular weight is 254 g/mol. The molecule has 2 atom stereocenters. The van der Waals surface area contributed by atoms with Crippen LogP contribution in [0.4, 0.5) is 13.2 Å². The Kier molecular flexibility index (Phi) is 4.76. The molecule has 0 aromatic rings. The summed E-state index contributed by atoms with van der Waals surface area (Å²) in [5.74, 6) is -2.06. The number of carbonyl (C=O) groups excluding carboxylic acids is 1. The van der Waals surface area contributed by atoms with Gasteiger partial charge in [0.15, 0.2) is 0 Å². The third kappa shape index (κ3) is 3.57. The van der Waals surface area contributed by atoms with E-state index in [-0.39, 0.29) is 6.54 Å². The second kappa shape index (κ2) is 5.68. The minimum atomic E-state index is -4.32. The molecule has 1 saturated heterocycles. The second-order valence-corrected chi connectivity index (χ2v) is 4.15. The summed E-state index contributed by atoms with van der Waals surface area (Å²) in [6.07, 6.45) is -3.07. The first-order valence-electron chi connectivity index (χ1n) is 5.48. The number of hydrogen-bond acceptors (Lipinski definition) is 4. The molecular weight excluding hydrogens is 237 g/mol. The van der Waals surface area contributed by atoms with Crippen molar-refractivity contribution in [2.45, 2.75) is 25.1 Å². The normalized spacial score (nSPS) is 23.7. The first-order chi connectivity index (χ1) is 7.90. The predicted octanol–water partition coefficient (Wildman–Crippen LogP) is 0.761. The molecule has 17 heavy (non-hydrogen) atoms. The van der Waals surface area contributed by atoms with Crippen LogP contribution in [0.1, 0.15) is 12.8 Å². The van der Waals surface area contributed by atoms with Gasteiger partial charge in [0.1, 0.15) is 6.04 Å². The number of methoxy groups -OCH3 is 1. The van der Waals surface area contributed by atoms with E-state index in [2.05, 4.69) is 4.74 Å². The molecule has 0 aromatic heterocycles. The van der Waals surface area contributed by atoms with Crippen molar-refractivity contribution in [3.8, 4) is 0 Å². The van der Waals surface area contributed by atoms with Crippen LogP contribution in [0.2, 0.25) is 0 Å². The summed E-state index contributed by atoms with van der Waals surface area (Å²) >= 11 is 0. The highest BCUT2D eigenvalue weighted by Gasteiger charge is 2.42. The standard InChI is InChI=1S/C10H17F3N2O2/c1-17-9(16)8-3-2-4-15(8)6-7(5-14)10(11,12)13/h7-8H,2-6,14H2,1H3. The highest BCUT2D eigenvalue weighted by atomic mass is 19.4. The van der Waals surface area contributed by atoms with Crippen molar-refractivity contribution in [3.63, 3.8) is 0 Å². The summed E-state index contributed by atoms with van der Waals surface area (Å²) in [7, 11) is 1.24. The van der Waals surface area contributed by atoms with Gasteiger partial charge in [0, 0.05) is 13.1 Å². The Morgan fingerprint density at radius 2 is 2.24 bits per heavy atom. The summed E-state index contributed by atoms with van der Waals surface area (Å²) in [5.41, 5.74) is 5.13. The van der Waals surface area contributed by atoms with Crippen molar-refractivity contribution in [1.82, 2.24) is 4.90 Å². The number of alkyl halides is 3. The van der Waals surface area contributed by atoms with Gasteiger partial charge >= 0.3 is 12.1 Å². The lowest BCUT2D eigenvalue weighted by atomic mass is 10.1. The fourth-order valence-electron chi connectivity index (χ4n) is 2.04. The van der Waals surface area contributed by atoms with Crippen molar-refractivity contribution >= 4 is 5.97 Å². The number of carbonyl (C=O) groups is 1. The Balaban J connectivity index is 2.63. The van der Waals surface area contributed by atoms with Crippen molar-refractivity contribution in [2.24, 2.45) is 11.7 Å². The highest BCUT2D eigenvalue weighted by molar-refractivity contribution is 5.75. The van der Waals surface area contributed by atoms with E-state index < -0.39 is 30.7 Å². The van der Waals surface area contributed by atoms with E-state index >= 15 is 0 Å². The maximum Gasteiger partial charge on any atom is 0.394 e. The molecule has 1 heterocycles. The molecule has 0 amide bonds. The minimum absolute atomic E-state index is 0.236. The molecule has 0 bridgehead atoms. The zero-order valence-corrected chi connectivity index (χ0v) is 9.67. The fourth-order valence-corrected chi connectivity index (χ4v) is 2.04. The lowest BCUT2D eigenvalue weighted by Crippen LogP contribution is -2.45. The number of esters is 1. The largest absolute Gasteiger partial charge is 0.468 e.